The van der Waals surface area contributed by atoms with Crippen molar-refractivity contribution in [3.8, 4) is 0 Å². The summed E-state index contributed by atoms with van der Waals surface area (Å²) in [5, 5.41) is 0.989. The molecule has 1 saturated carbocycles. The lowest BCUT2D eigenvalue weighted by Gasteiger charge is -2.21. The van der Waals surface area contributed by atoms with E-state index in [-0.39, 0.29) is 5.82 Å². The molecule has 1 aromatic carbocycles. The molecule has 0 amide bonds. The molecule has 0 aromatic heterocycles. The fourth-order valence-electron chi connectivity index (χ4n) is 2.56. The van der Waals surface area contributed by atoms with E-state index in [9.17, 15) is 4.39 Å². The molecule has 0 nitrogen and oxygen atoms in total. The SMILES string of the molecule is Fc1ccc(C(CBr)C2CCCC2)cc1. The Hall–Kier alpha value is -0.370. The van der Waals surface area contributed by atoms with Crippen LogP contribution in [-0.4, -0.2) is 5.33 Å². The summed E-state index contributed by atoms with van der Waals surface area (Å²) >= 11 is 3.59. The van der Waals surface area contributed by atoms with E-state index in [1.807, 2.05) is 12.1 Å². The molecule has 82 valence electrons. The molecule has 1 aromatic rings. The van der Waals surface area contributed by atoms with Crippen molar-refractivity contribution in [3.63, 3.8) is 0 Å². The number of rotatable bonds is 3. The molecule has 0 saturated heterocycles. The van der Waals surface area contributed by atoms with Crippen LogP contribution in [0.1, 0.15) is 37.2 Å². The van der Waals surface area contributed by atoms with Gasteiger partial charge in [0.15, 0.2) is 0 Å². The first-order valence-electron chi connectivity index (χ1n) is 5.62. The van der Waals surface area contributed by atoms with E-state index < -0.39 is 0 Å². The van der Waals surface area contributed by atoms with Crippen molar-refractivity contribution in [1.82, 2.24) is 0 Å². The van der Waals surface area contributed by atoms with E-state index >= 15 is 0 Å². The Bertz CT molecular complexity index is 301. The smallest absolute Gasteiger partial charge is 0.123 e. The quantitative estimate of drug-likeness (QED) is 0.710. The van der Waals surface area contributed by atoms with E-state index in [0.717, 1.165) is 11.2 Å². The number of benzene rings is 1. The Morgan fingerprint density at radius 1 is 1.20 bits per heavy atom. The molecule has 15 heavy (non-hydrogen) atoms. The first-order valence-corrected chi connectivity index (χ1v) is 6.75. The second-order valence-electron chi connectivity index (χ2n) is 4.36. The van der Waals surface area contributed by atoms with Gasteiger partial charge in [0, 0.05) is 5.33 Å². The van der Waals surface area contributed by atoms with E-state index in [0.29, 0.717) is 5.92 Å². The van der Waals surface area contributed by atoms with Crippen molar-refractivity contribution in [1.29, 1.82) is 0 Å². The van der Waals surface area contributed by atoms with Crippen LogP contribution in [0.2, 0.25) is 0 Å². The van der Waals surface area contributed by atoms with Gasteiger partial charge in [-0.05, 0) is 42.4 Å². The topological polar surface area (TPSA) is 0 Å². The average molecular weight is 271 g/mol. The standard InChI is InChI=1S/C13H16BrF/c14-9-13(10-3-1-2-4-10)11-5-7-12(15)8-6-11/h5-8,10,13H,1-4,9H2. The maximum absolute atomic E-state index is 12.8. The molecule has 2 rings (SSSR count). The highest BCUT2D eigenvalue weighted by Crippen LogP contribution is 2.38. The fourth-order valence-corrected chi connectivity index (χ4v) is 3.46. The summed E-state index contributed by atoms with van der Waals surface area (Å²) in [5.41, 5.74) is 1.28. The molecule has 0 heterocycles. The largest absolute Gasteiger partial charge is 0.207 e. The second-order valence-corrected chi connectivity index (χ2v) is 5.00. The van der Waals surface area contributed by atoms with Crippen LogP contribution < -0.4 is 0 Å². The van der Waals surface area contributed by atoms with Crippen molar-refractivity contribution < 1.29 is 4.39 Å². The molecule has 0 spiro atoms. The van der Waals surface area contributed by atoms with Gasteiger partial charge >= 0.3 is 0 Å². The normalized spacial score (nSPS) is 19.3. The molecule has 0 radical (unpaired) electrons. The van der Waals surface area contributed by atoms with Gasteiger partial charge in [0.05, 0.1) is 0 Å². The van der Waals surface area contributed by atoms with E-state index in [2.05, 4.69) is 15.9 Å². The van der Waals surface area contributed by atoms with Crippen molar-refractivity contribution >= 4 is 15.9 Å². The molecule has 1 aliphatic rings. The van der Waals surface area contributed by atoms with E-state index in [1.165, 1.54) is 31.2 Å². The van der Waals surface area contributed by atoms with Gasteiger partial charge in [-0.2, -0.15) is 0 Å². The van der Waals surface area contributed by atoms with Gasteiger partial charge in [0.25, 0.3) is 0 Å². The fraction of sp³-hybridized carbons (Fsp3) is 0.538. The minimum Gasteiger partial charge on any atom is -0.207 e. The maximum Gasteiger partial charge on any atom is 0.123 e. The Balaban J connectivity index is 2.14. The third kappa shape index (κ3) is 2.60. The number of alkyl halides is 1. The van der Waals surface area contributed by atoms with E-state index in [4.69, 9.17) is 0 Å². The van der Waals surface area contributed by atoms with Crippen LogP contribution in [0.15, 0.2) is 24.3 Å². The predicted molar refractivity (Wildman–Crippen MR) is 64.9 cm³/mol. The number of hydrogen-bond donors (Lipinski definition) is 0. The minimum absolute atomic E-state index is 0.140. The van der Waals surface area contributed by atoms with Crippen molar-refractivity contribution in [3.05, 3.63) is 35.6 Å². The van der Waals surface area contributed by atoms with Crippen LogP contribution in [-0.2, 0) is 0 Å². The Kier molecular flexibility index (Phi) is 3.79. The van der Waals surface area contributed by atoms with Crippen molar-refractivity contribution in [2.24, 2.45) is 5.92 Å². The molecule has 1 aliphatic carbocycles. The highest BCUT2D eigenvalue weighted by molar-refractivity contribution is 9.09. The van der Waals surface area contributed by atoms with Gasteiger partial charge in [-0.1, -0.05) is 40.9 Å². The molecule has 0 aliphatic heterocycles. The molecule has 1 fully saturated rings. The van der Waals surface area contributed by atoms with Gasteiger partial charge in [0.2, 0.25) is 0 Å². The molecule has 0 bridgehead atoms. The lowest BCUT2D eigenvalue weighted by Crippen LogP contribution is -2.11. The summed E-state index contributed by atoms with van der Waals surface area (Å²) < 4.78 is 12.8. The Labute approximate surface area is 99.0 Å². The van der Waals surface area contributed by atoms with Crippen LogP contribution in [0.5, 0.6) is 0 Å². The first-order chi connectivity index (χ1) is 7.31. The highest BCUT2D eigenvalue weighted by atomic mass is 79.9. The van der Waals surface area contributed by atoms with Gasteiger partial charge in [-0.25, -0.2) is 4.39 Å². The molecule has 1 unspecified atom stereocenters. The van der Waals surface area contributed by atoms with E-state index in [1.54, 1.807) is 12.1 Å². The van der Waals surface area contributed by atoms with Gasteiger partial charge < -0.3 is 0 Å². The highest BCUT2D eigenvalue weighted by Gasteiger charge is 2.25. The molecule has 0 N–H and O–H groups in total. The minimum atomic E-state index is -0.140. The lowest BCUT2D eigenvalue weighted by atomic mass is 9.86. The van der Waals surface area contributed by atoms with Crippen LogP contribution in [0.3, 0.4) is 0 Å². The first kappa shape index (κ1) is 11.1. The molecule has 1 atom stereocenters. The molecular formula is C13H16BrF. The third-order valence-corrected chi connectivity index (χ3v) is 4.13. The Morgan fingerprint density at radius 2 is 1.80 bits per heavy atom. The molecular weight excluding hydrogens is 255 g/mol. The van der Waals surface area contributed by atoms with Crippen LogP contribution >= 0.6 is 15.9 Å². The summed E-state index contributed by atoms with van der Waals surface area (Å²) in [6.45, 7) is 0. The lowest BCUT2D eigenvalue weighted by molar-refractivity contribution is 0.467. The average Bonchev–Trinajstić information content (AvgIpc) is 2.75. The zero-order chi connectivity index (χ0) is 10.7. The van der Waals surface area contributed by atoms with Crippen molar-refractivity contribution in [2.75, 3.05) is 5.33 Å². The van der Waals surface area contributed by atoms with Crippen LogP contribution in [0.4, 0.5) is 4.39 Å². The van der Waals surface area contributed by atoms with Crippen LogP contribution in [0.25, 0.3) is 0 Å². The van der Waals surface area contributed by atoms with Gasteiger partial charge in [0.1, 0.15) is 5.82 Å². The van der Waals surface area contributed by atoms with Crippen LogP contribution in [0, 0.1) is 11.7 Å². The number of halogens is 2. The zero-order valence-corrected chi connectivity index (χ0v) is 10.3. The predicted octanol–water partition coefficient (Wildman–Crippen LogP) is 4.49. The second kappa shape index (κ2) is 5.11. The summed E-state index contributed by atoms with van der Waals surface area (Å²) in [4.78, 5) is 0. The van der Waals surface area contributed by atoms with Gasteiger partial charge in [-0.15, -0.1) is 0 Å². The van der Waals surface area contributed by atoms with Crippen molar-refractivity contribution in [2.45, 2.75) is 31.6 Å². The van der Waals surface area contributed by atoms with Gasteiger partial charge in [-0.3, -0.25) is 0 Å². The third-order valence-electron chi connectivity index (χ3n) is 3.43. The summed E-state index contributed by atoms with van der Waals surface area (Å²) in [6, 6.07) is 7.00. The summed E-state index contributed by atoms with van der Waals surface area (Å²) in [5.74, 6) is 1.21. The monoisotopic (exact) mass is 270 g/mol. The summed E-state index contributed by atoms with van der Waals surface area (Å²) in [6.07, 6.45) is 5.37. The molecule has 2 heteroatoms. The summed E-state index contributed by atoms with van der Waals surface area (Å²) in [7, 11) is 0. The maximum atomic E-state index is 12.8. The zero-order valence-electron chi connectivity index (χ0n) is 8.76. The Morgan fingerprint density at radius 3 is 2.33 bits per heavy atom. The number of hydrogen-bond acceptors (Lipinski definition) is 0.